The third kappa shape index (κ3) is 4.20. The van der Waals surface area contributed by atoms with Gasteiger partial charge in [-0.1, -0.05) is 6.92 Å². The van der Waals surface area contributed by atoms with Crippen molar-refractivity contribution in [1.82, 2.24) is 29.3 Å². The third-order valence-corrected chi connectivity index (χ3v) is 7.09. The number of hydrogen-bond donors (Lipinski definition) is 1. The van der Waals surface area contributed by atoms with Crippen LogP contribution in [0.5, 0.6) is 5.75 Å². The second-order valence-electron chi connectivity index (χ2n) is 9.25. The average Bonchev–Trinajstić information content (AvgIpc) is 3.46. The Hall–Kier alpha value is -3.95. The second kappa shape index (κ2) is 9.01. The van der Waals surface area contributed by atoms with Crippen molar-refractivity contribution >= 4 is 34.2 Å². The summed E-state index contributed by atoms with van der Waals surface area (Å²) < 4.78 is 9.11. The maximum atomic E-state index is 13.2. The first-order valence-electron chi connectivity index (χ1n) is 11.8. The lowest BCUT2D eigenvalue weighted by Crippen LogP contribution is -2.41. The Balaban J connectivity index is 1.40. The minimum absolute atomic E-state index is 0.100. The molecule has 0 spiro atoms. The fourth-order valence-electron chi connectivity index (χ4n) is 5.04. The van der Waals surface area contributed by atoms with Crippen LogP contribution in [0.15, 0.2) is 42.9 Å². The van der Waals surface area contributed by atoms with Gasteiger partial charge < -0.3 is 15.0 Å². The number of benzene rings is 1. The number of hydrogen-bond acceptors (Lipinski definition) is 6. The number of aromatic nitrogens is 5. The Bertz CT molecular complexity index is 1410. The lowest BCUT2D eigenvalue weighted by atomic mass is 9.82. The summed E-state index contributed by atoms with van der Waals surface area (Å²) in [6.07, 6.45) is 8.01. The smallest absolute Gasteiger partial charge is 0.260 e. The normalized spacial score (nSPS) is 20.2. The molecule has 1 aromatic carbocycles. The Morgan fingerprint density at radius 1 is 1.26 bits per heavy atom. The van der Waals surface area contributed by atoms with Crippen molar-refractivity contribution in [2.75, 3.05) is 19.5 Å². The van der Waals surface area contributed by atoms with Gasteiger partial charge in [-0.15, -0.1) is 0 Å². The number of rotatable bonds is 5. The zero-order valence-electron chi connectivity index (χ0n) is 20.3. The number of fused-ring (bicyclic) bond motifs is 2. The zero-order valence-corrected chi connectivity index (χ0v) is 20.3. The van der Waals surface area contributed by atoms with E-state index in [0.717, 1.165) is 30.2 Å². The van der Waals surface area contributed by atoms with Gasteiger partial charge >= 0.3 is 0 Å². The van der Waals surface area contributed by atoms with E-state index < -0.39 is 0 Å². The van der Waals surface area contributed by atoms with Crippen molar-refractivity contribution in [2.24, 2.45) is 5.92 Å². The Morgan fingerprint density at radius 2 is 2.09 bits per heavy atom. The monoisotopic (exact) mass is 475 g/mol. The van der Waals surface area contributed by atoms with Gasteiger partial charge in [-0.2, -0.15) is 14.7 Å². The summed E-state index contributed by atoms with van der Waals surface area (Å²) in [6.45, 7) is 3.82. The fraction of sp³-hybridized carbons (Fsp3) is 0.400. The molecule has 4 aromatic rings. The van der Waals surface area contributed by atoms with Crippen LogP contribution in [0.1, 0.15) is 49.5 Å². The van der Waals surface area contributed by atoms with E-state index in [0.29, 0.717) is 28.7 Å². The standard InChI is InChI=1S/C25H29N7O3/c1-15-10-18(30(3)16(2)33)7-8-21(15)31-14-17-11-19(22(35-4)12-20(17)29-31)25(34)28-24-13-26-23-6-5-9-27-32(23)24/h5-6,9,11-15,18,21H,7-8,10H2,1-4H3,(H,28,34)/t15-,18?,21?/m0/s1. The molecule has 2 amide bonds. The minimum atomic E-state index is -0.315. The maximum Gasteiger partial charge on any atom is 0.260 e. The first-order valence-corrected chi connectivity index (χ1v) is 11.8. The number of ether oxygens (including phenoxy) is 1. The van der Waals surface area contributed by atoms with Crippen molar-refractivity contribution < 1.29 is 14.3 Å². The molecule has 10 nitrogen and oxygen atoms in total. The number of carbonyl (C=O) groups is 2. The van der Waals surface area contributed by atoms with Gasteiger partial charge in [0.2, 0.25) is 5.91 Å². The lowest BCUT2D eigenvalue weighted by Gasteiger charge is -2.38. The number of carbonyl (C=O) groups excluding carboxylic acids is 2. The summed E-state index contributed by atoms with van der Waals surface area (Å²) in [4.78, 5) is 31.1. The van der Waals surface area contributed by atoms with E-state index in [1.54, 1.807) is 43.1 Å². The Labute approximate surface area is 202 Å². The number of anilines is 1. The Morgan fingerprint density at radius 3 is 2.83 bits per heavy atom. The molecule has 0 aliphatic heterocycles. The van der Waals surface area contributed by atoms with E-state index in [9.17, 15) is 9.59 Å². The van der Waals surface area contributed by atoms with E-state index >= 15 is 0 Å². The van der Waals surface area contributed by atoms with Crippen LogP contribution in [-0.2, 0) is 4.79 Å². The molecule has 1 N–H and O–H groups in total. The quantitative estimate of drug-likeness (QED) is 0.473. The van der Waals surface area contributed by atoms with E-state index in [2.05, 4.69) is 22.3 Å². The largest absolute Gasteiger partial charge is 0.496 e. The fourth-order valence-corrected chi connectivity index (χ4v) is 5.04. The first kappa shape index (κ1) is 22.8. The van der Waals surface area contributed by atoms with Crippen LogP contribution in [0.3, 0.4) is 0 Å². The summed E-state index contributed by atoms with van der Waals surface area (Å²) in [7, 11) is 3.42. The van der Waals surface area contributed by atoms with Crippen LogP contribution in [-0.4, -0.2) is 61.3 Å². The van der Waals surface area contributed by atoms with Crippen LogP contribution < -0.4 is 10.1 Å². The molecule has 0 radical (unpaired) electrons. The van der Waals surface area contributed by atoms with Crippen molar-refractivity contribution in [3.8, 4) is 5.75 Å². The zero-order chi connectivity index (χ0) is 24.7. The minimum Gasteiger partial charge on any atom is -0.496 e. The lowest BCUT2D eigenvalue weighted by molar-refractivity contribution is -0.130. The summed E-state index contributed by atoms with van der Waals surface area (Å²) in [5.41, 5.74) is 1.82. The highest BCUT2D eigenvalue weighted by Gasteiger charge is 2.32. The molecule has 10 heteroatoms. The van der Waals surface area contributed by atoms with Gasteiger partial charge in [0, 0.05) is 43.9 Å². The molecular weight excluding hydrogens is 446 g/mol. The average molecular weight is 476 g/mol. The summed E-state index contributed by atoms with van der Waals surface area (Å²) >= 11 is 0. The van der Waals surface area contributed by atoms with Gasteiger partial charge in [0.05, 0.1) is 30.4 Å². The highest BCUT2D eigenvalue weighted by atomic mass is 16.5. The van der Waals surface area contributed by atoms with Crippen molar-refractivity contribution in [2.45, 2.75) is 45.2 Å². The summed E-state index contributed by atoms with van der Waals surface area (Å²) in [6, 6.07) is 7.70. The number of imidazole rings is 1. The highest BCUT2D eigenvalue weighted by molar-refractivity contribution is 6.08. The third-order valence-electron chi connectivity index (χ3n) is 7.09. The molecule has 182 valence electrons. The van der Waals surface area contributed by atoms with Crippen LogP contribution in [0.25, 0.3) is 16.6 Å². The molecule has 1 aliphatic rings. The van der Waals surface area contributed by atoms with Crippen molar-refractivity contribution in [3.05, 3.63) is 48.4 Å². The number of amides is 2. The maximum absolute atomic E-state index is 13.2. The molecule has 0 bridgehead atoms. The van der Waals surface area contributed by atoms with Crippen LogP contribution in [0.4, 0.5) is 5.82 Å². The topological polar surface area (TPSA) is 107 Å². The SMILES string of the molecule is COc1cc2nn(C3CCC(N(C)C(C)=O)C[C@@H]3C)cc2cc1C(=O)Nc1cnc2cccnn12. The van der Waals surface area contributed by atoms with E-state index in [1.165, 1.54) is 0 Å². The summed E-state index contributed by atoms with van der Waals surface area (Å²) in [5, 5.41) is 12.8. The number of methoxy groups -OCH3 is 1. The number of nitrogens with one attached hydrogen (secondary N) is 1. The van der Waals surface area contributed by atoms with Gasteiger partial charge in [-0.3, -0.25) is 14.3 Å². The summed E-state index contributed by atoms with van der Waals surface area (Å²) in [5.74, 6) is 1.07. The molecule has 35 heavy (non-hydrogen) atoms. The first-order chi connectivity index (χ1) is 16.9. The van der Waals surface area contributed by atoms with E-state index in [-0.39, 0.29) is 23.9 Å². The molecule has 2 unspecified atom stereocenters. The molecule has 1 fully saturated rings. The predicted octanol–water partition coefficient (Wildman–Crippen LogP) is 3.55. The molecule has 3 heterocycles. The second-order valence-corrected chi connectivity index (χ2v) is 9.25. The van der Waals surface area contributed by atoms with Gasteiger partial charge in [-0.05, 0) is 43.4 Å². The molecular formula is C25H29N7O3. The van der Waals surface area contributed by atoms with E-state index in [1.807, 2.05) is 35.0 Å². The molecule has 3 aromatic heterocycles. The van der Waals surface area contributed by atoms with Crippen LogP contribution in [0, 0.1) is 5.92 Å². The van der Waals surface area contributed by atoms with Crippen molar-refractivity contribution in [1.29, 1.82) is 0 Å². The van der Waals surface area contributed by atoms with Crippen LogP contribution in [0.2, 0.25) is 0 Å². The molecule has 3 atom stereocenters. The molecule has 5 rings (SSSR count). The van der Waals surface area contributed by atoms with Gasteiger partial charge in [0.25, 0.3) is 5.91 Å². The Kier molecular flexibility index (Phi) is 5.88. The van der Waals surface area contributed by atoms with Gasteiger partial charge in [-0.25, -0.2) is 4.98 Å². The number of nitrogens with zero attached hydrogens (tertiary/aromatic N) is 6. The highest BCUT2D eigenvalue weighted by Crippen LogP contribution is 2.36. The van der Waals surface area contributed by atoms with Gasteiger partial charge in [0.1, 0.15) is 5.75 Å². The van der Waals surface area contributed by atoms with Gasteiger partial charge in [0.15, 0.2) is 11.5 Å². The predicted molar refractivity (Wildman–Crippen MR) is 132 cm³/mol. The molecule has 1 aliphatic carbocycles. The van der Waals surface area contributed by atoms with E-state index in [4.69, 9.17) is 9.84 Å². The molecule has 1 saturated carbocycles. The van der Waals surface area contributed by atoms with Crippen LogP contribution >= 0.6 is 0 Å². The van der Waals surface area contributed by atoms with Crippen molar-refractivity contribution in [3.63, 3.8) is 0 Å². The molecule has 0 saturated heterocycles.